The Bertz CT molecular complexity index is 1330. The molecule has 194 valence electrons. The van der Waals surface area contributed by atoms with Gasteiger partial charge in [-0.15, -0.1) is 0 Å². The van der Waals surface area contributed by atoms with E-state index >= 15 is 0 Å². The predicted octanol–water partition coefficient (Wildman–Crippen LogP) is 4.31. The molecule has 1 unspecified atom stereocenters. The second-order valence-corrected chi connectivity index (χ2v) is 9.34. The highest BCUT2D eigenvalue weighted by Crippen LogP contribution is 2.31. The minimum absolute atomic E-state index is 0.00446. The molecule has 0 aliphatic carbocycles. The summed E-state index contributed by atoms with van der Waals surface area (Å²) in [5.41, 5.74) is 4.50. The number of benzene rings is 1. The Balaban J connectivity index is 1.46. The van der Waals surface area contributed by atoms with E-state index in [-0.39, 0.29) is 23.7 Å². The molecule has 1 atom stereocenters. The number of amides is 1. The summed E-state index contributed by atoms with van der Waals surface area (Å²) in [4.78, 5) is 26.7. The molecule has 10 nitrogen and oxygen atoms in total. The summed E-state index contributed by atoms with van der Waals surface area (Å²) in [6.45, 7) is 6.86. The van der Waals surface area contributed by atoms with Crippen LogP contribution >= 0.6 is 0 Å². The van der Waals surface area contributed by atoms with Crippen molar-refractivity contribution in [3.63, 3.8) is 0 Å². The molecule has 1 amide bonds. The number of allylic oxidation sites excluding steroid dienone is 1. The third-order valence-corrected chi connectivity index (χ3v) is 6.52. The fourth-order valence-electron chi connectivity index (χ4n) is 4.66. The van der Waals surface area contributed by atoms with Crippen molar-refractivity contribution < 1.29 is 19.6 Å². The molecule has 1 aliphatic rings. The topological polar surface area (TPSA) is 132 Å². The van der Waals surface area contributed by atoms with Crippen LogP contribution in [0.4, 0.5) is 5.82 Å². The second kappa shape index (κ2) is 11.2. The van der Waals surface area contributed by atoms with Crippen LogP contribution in [0.2, 0.25) is 0 Å². The summed E-state index contributed by atoms with van der Waals surface area (Å²) in [6.07, 6.45) is 3.46. The fourth-order valence-corrected chi connectivity index (χ4v) is 4.66. The zero-order valence-electron chi connectivity index (χ0n) is 21.1. The minimum atomic E-state index is -1.17. The van der Waals surface area contributed by atoms with Gasteiger partial charge in [0.1, 0.15) is 10.7 Å². The Labute approximate surface area is 215 Å². The SMILES string of the molecule is C=C(O)CC(Cc1cc(OCCc2ccc3c(n2)NCCC3)n(C)n1)c1cc(C(=O)[N+](=O)[O-])ccc1C. The maximum Gasteiger partial charge on any atom is 0.476 e. The van der Waals surface area contributed by atoms with E-state index in [0.717, 1.165) is 47.7 Å². The number of hydrogen-bond donors (Lipinski definition) is 2. The van der Waals surface area contributed by atoms with Crippen molar-refractivity contribution >= 4 is 11.7 Å². The molecule has 3 heterocycles. The van der Waals surface area contributed by atoms with E-state index in [1.807, 2.05) is 19.1 Å². The summed E-state index contributed by atoms with van der Waals surface area (Å²) < 4.78 is 7.64. The van der Waals surface area contributed by atoms with E-state index in [0.29, 0.717) is 25.3 Å². The lowest BCUT2D eigenvalue weighted by atomic mass is 9.86. The van der Waals surface area contributed by atoms with E-state index in [9.17, 15) is 20.0 Å². The van der Waals surface area contributed by atoms with Gasteiger partial charge in [-0.2, -0.15) is 5.10 Å². The van der Waals surface area contributed by atoms with Crippen LogP contribution in [0.5, 0.6) is 5.88 Å². The van der Waals surface area contributed by atoms with Gasteiger partial charge >= 0.3 is 5.91 Å². The number of ether oxygens (including phenoxy) is 1. The fraction of sp³-hybridized carbons (Fsp3) is 0.370. The first-order valence-electron chi connectivity index (χ1n) is 12.3. The number of carbonyl (C=O) groups excluding carboxylic acids is 1. The highest BCUT2D eigenvalue weighted by molar-refractivity contribution is 5.88. The van der Waals surface area contributed by atoms with Gasteiger partial charge in [0.25, 0.3) is 0 Å². The summed E-state index contributed by atoms with van der Waals surface area (Å²) in [7, 11) is 1.79. The predicted molar refractivity (Wildman–Crippen MR) is 139 cm³/mol. The normalized spacial score (nSPS) is 13.4. The number of anilines is 1. The van der Waals surface area contributed by atoms with E-state index in [1.165, 1.54) is 17.7 Å². The number of carbonyl (C=O) groups is 1. The van der Waals surface area contributed by atoms with Crippen molar-refractivity contribution in [3.8, 4) is 5.88 Å². The second-order valence-electron chi connectivity index (χ2n) is 9.34. The Hall–Kier alpha value is -4.21. The Morgan fingerprint density at radius 2 is 2.11 bits per heavy atom. The highest BCUT2D eigenvalue weighted by atomic mass is 16.6. The number of hydrogen-bond acceptors (Lipinski definition) is 8. The number of aryl methyl sites for hydroxylation is 3. The molecule has 0 spiro atoms. The monoisotopic (exact) mass is 505 g/mol. The highest BCUT2D eigenvalue weighted by Gasteiger charge is 2.24. The number of aliphatic hydroxyl groups excluding tert-OH is 1. The molecule has 0 saturated carbocycles. The van der Waals surface area contributed by atoms with Gasteiger partial charge in [-0.1, -0.05) is 18.7 Å². The molecule has 37 heavy (non-hydrogen) atoms. The van der Waals surface area contributed by atoms with Crippen LogP contribution in [0, 0.1) is 17.0 Å². The average Bonchev–Trinajstić information content (AvgIpc) is 3.21. The summed E-state index contributed by atoms with van der Waals surface area (Å²) in [6, 6.07) is 10.6. The number of pyridine rings is 1. The van der Waals surface area contributed by atoms with Crippen LogP contribution in [0.1, 0.15) is 57.2 Å². The molecule has 2 N–H and O–H groups in total. The van der Waals surface area contributed by atoms with Gasteiger partial charge in [0.2, 0.25) is 5.88 Å². The van der Waals surface area contributed by atoms with Crippen molar-refractivity contribution in [3.05, 3.63) is 92.5 Å². The molecule has 10 heteroatoms. The van der Waals surface area contributed by atoms with Gasteiger partial charge in [-0.05, 0) is 67.0 Å². The molecule has 0 saturated heterocycles. The van der Waals surface area contributed by atoms with Gasteiger partial charge in [0, 0.05) is 38.2 Å². The third-order valence-electron chi connectivity index (χ3n) is 6.52. The molecule has 3 aromatic rings. The summed E-state index contributed by atoms with van der Waals surface area (Å²) >= 11 is 0. The molecule has 0 radical (unpaired) electrons. The lowest BCUT2D eigenvalue weighted by molar-refractivity contribution is -0.375. The van der Waals surface area contributed by atoms with Crippen LogP contribution < -0.4 is 10.1 Å². The van der Waals surface area contributed by atoms with Gasteiger partial charge in [-0.3, -0.25) is 10.1 Å². The summed E-state index contributed by atoms with van der Waals surface area (Å²) in [5, 5.41) is 28.8. The van der Waals surface area contributed by atoms with E-state index in [2.05, 4.69) is 23.1 Å². The Morgan fingerprint density at radius 3 is 2.86 bits per heavy atom. The van der Waals surface area contributed by atoms with Crippen molar-refractivity contribution in [2.75, 3.05) is 18.5 Å². The first-order chi connectivity index (χ1) is 17.7. The standard InChI is InChI=1S/C27H31N5O5/c1-17-6-7-20(27(34)32(35)36)15-24(17)21(13-18(2)33)14-23-16-25(31(3)30-23)37-12-10-22-9-8-19-5-4-11-28-26(19)29-22/h6-9,15-16,21,33H,2,4-5,10-14H2,1,3H3,(H,28,29). The van der Waals surface area contributed by atoms with E-state index < -0.39 is 10.8 Å². The number of aromatic nitrogens is 3. The van der Waals surface area contributed by atoms with Gasteiger partial charge in [0.15, 0.2) is 0 Å². The molecular formula is C27H31N5O5. The van der Waals surface area contributed by atoms with Crippen molar-refractivity contribution in [1.29, 1.82) is 0 Å². The average molecular weight is 506 g/mol. The molecule has 2 aromatic heterocycles. The maximum atomic E-state index is 11.9. The molecule has 0 bridgehead atoms. The van der Waals surface area contributed by atoms with Crippen LogP contribution in [-0.2, 0) is 26.3 Å². The van der Waals surface area contributed by atoms with E-state index in [1.54, 1.807) is 17.8 Å². The molecule has 4 rings (SSSR count). The zero-order chi connectivity index (χ0) is 26.5. The molecule has 1 aliphatic heterocycles. The van der Waals surface area contributed by atoms with Crippen molar-refractivity contribution in [1.82, 2.24) is 14.8 Å². The van der Waals surface area contributed by atoms with Gasteiger partial charge in [-0.25, -0.2) is 14.5 Å². The van der Waals surface area contributed by atoms with Crippen molar-refractivity contribution in [2.24, 2.45) is 7.05 Å². The first-order valence-corrected chi connectivity index (χ1v) is 12.3. The number of nitrogens with one attached hydrogen (secondary N) is 1. The molecule has 0 fully saturated rings. The number of nitro groups is 1. The Kier molecular flexibility index (Phi) is 7.86. The van der Waals surface area contributed by atoms with Crippen LogP contribution in [-0.4, -0.2) is 43.9 Å². The van der Waals surface area contributed by atoms with E-state index in [4.69, 9.17) is 9.72 Å². The number of fused-ring (bicyclic) bond motifs is 1. The maximum absolute atomic E-state index is 11.9. The zero-order valence-corrected chi connectivity index (χ0v) is 21.1. The Morgan fingerprint density at radius 1 is 1.30 bits per heavy atom. The van der Waals surface area contributed by atoms with Crippen LogP contribution in [0.25, 0.3) is 0 Å². The lowest BCUT2D eigenvalue weighted by Crippen LogP contribution is -2.14. The third kappa shape index (κ3) is 6.32. The smallest absolute Gasteiger partial charge is 0.476 e. The number of rotatable bonds is 10. The van der Waals surface area contributed by atoms with Gasteiger partial charge in [0.05, 0.1) is 23.6 Å². The number of nitrogens with zero attached hydrogens (tertiary/aromatic N) is 4. The number of aliphatic hydroxyl groups is 1. The minimum Gasteiger partial charge on any atom is -0.513 e. The summed E-state index contributed by atoms with van der Waals surface area (Å²) in [5.74, 6) is 0.0892. The quantitative estimate of drug-likeness (QED) is 0.237. The lowest BCUT2D eigenvalue weighted by Gasteiger charge is -2.18. The largest absolute Gasteiger partial charge is 0.513 e. The van der Waals surface area contributed by atoms with Crippen LogP contribution in [0.3, 0.4) is 0 Å². The molecular weight excluding hydrogens is 474 g/mol. The van der Waals surface area contributed by atoms with Crippen molar-refractivity contribution in [2.45, 2.75) is 44.9 Å². The molecule has 1 aromatic carbocycles. The van der Waals surface area contributed by atoms with Crippen LogP contribution in [0.15, 0.2) is 48.7 Å². The first kappa shape index (κ1) is 25.9. The van der Waals surface area contributed by atoms with Gasteiger partial charge < -0.3 is 15.2 Å².